The molecule has 2 amide bonds. The van der Waals surface area contributed by atoms with E-state index in [1.807, 2.05) is 72.6 Å². The predicted molar refractivity (Wildman–Crippen MR) is 122 cm³/mol. The predicted octanol–water partition coefficient (Wildman–Crippen LogP) is 4.56. The number of benzene rings is 3. The highest BCUT2D eigenvalue weighted by Crippen LogP contribution is 2.30. The van der Waals surface area contributed by atoms with Crippen LogP contribution in [0.25, 0.3) is 10.8 Å². The summed E-state index contributed by atoms with van der Waals surface area (Å²) >= 11 is 6.26. The molecule has 0 radical (unpaired) electrons. The van der Waals surface area contributed by atoms with Crippen molar-refractivity contribution in [1.82, 2.24) is 4.90 Å². The minimum absolute atomic E-state index is 0.0278. The van der Waals surface area contributed by atoms with Crippen molar-refractivity contribution in [2.24, 2.45) is 0 Å². The molecule has 30 heavy (non-hydrogen) atoms. The van der Waals surface area contributed by atoms with E-state index < -0.39 is 0 Å². The number of fused-ring (bicyclic) bond motifs is 1. The average molecular weight is 422 g/mol. The number of para-hydroxylation sites is 1. The normalized spacial score (nSPS) is 16.4. The van der Waals surface area contributed by atoms with Crippen LogP contribution in [0, 0.1) is 0 Å². The molecule has 1 atom stereocenters. The Morgan fingerprint density at radius 2 is 1.83 bits per heavy atom. The zero-order chi connectivity index (χ0) is 21.1. The quantitative estimate of drug-likeness (QED) is 0.634. The molecule has 6 heteroatoms. The summed E-state index contributed by atoms with van der Waals surface area (Å²) in [4.78, 5) is 29.1. The molecule has 0 aromatic heterocycles. The highest BCUT2D eigenvalue weighted by Gasteiger charge is 2.35. The molecule has 0 saturated carbocycles. The lowest BCUT2D eigenvalue weighted by atomic mass is 10.1. The zero-order valence-electron chi connectivity index (χ0n) is 16.8. The second-order valence-corrected chi connectivity index (χ2v) is 7.96. The lowest BCUT2D eigenvalue weighted by Crippen LogP contribution is -2.41. The summed E-state index contributed by atoms with van der Waals surface area (Å²) < 4.78 is 0. The summed E-state index contributed by atoms with van der Waals surface area (Å²) in [6.45, 7) is 1.13. The molecule has 1 aliphatic heterocycles. The van der Waals surface area contributed by atoms with Crippen LogP contribution in [0.2, 0.25) is 5.02 Å². The standard InChI is InChI=1S/C24H24ClN3O2/c1-27(22-13-16-28(24(22)30)21-12-5-4-10-19(21)25)15-14-23(29)26-20-11-6-8-17-7-2-3-9-18(17)20/h2-12,22H,13-16H2,1H3,(H,26,29). The molecular formula is C24H24ClN3O2. The monoisotopic (exact) mass is 421 g/mol. The van der Waals surface area contributed by atoms with E-state index in [9.17, 15) is 9.59 Å². The third kappa shape index (κ3) is 4.18. The van der Waals surface area contributed by atoms with Gasteiger partial charge in [-0.1, -0.05) is 60.1 Å². The Balaban J connectivity index is 1.35. The largest absolute Gasteiger partial charge is 0.325 e. The van der Waals surface area contributed by atoms with Crippen LogP contribution >= 0.6 is 11.6 Å². The number of likely N-dealkylation sites (N-methyl/N-ethyl adjacent to an activating group) is 1. The maximum Gasteiger partial charge on any atom is 0.244 e. The molecule has 4 rings (SSSR count). The van der Waals surface area contributed by atoms with Gasteiger partial charge in [0.25, 0.3) is 0 Å². The number of carbonyl (C=O) groups is 2. The number of rotatable bonds is 6. The van der Waals surface area contributed by atoms with Gasteiger partial charge in [0.2, 0.25) is 11.8 Å². The maximum absolute atomic E-state index is 12.9. The molecule has 0 spiro atoms. The van der Waals surface area contributed by atoms with E-state index in [0.717, 1.165) is 22.1 Å². The number of hydrogen-bond donors (Lipinski definition) is 1. The van der Waals surface area contributed by atoms with Crippen molar-refractivity contribution in [3.8, 4) is 0 Å². The van der Waals surface area contributed by atoms with Crippen LogP contribution in [0.5, 0.6) is 0 Å². The molecule has 1 saturated heterocycles. The third-order valence-corrected chi connectivity index (χ3v) is 5.93. The van der Waals surface area contributed by atoms with Crippen LogP contribution in [-0.4, -0.2) is 42.9 Å². The Labute approximate surface area is 181 Å². The first-order valence-corrected chi connectivity index (χ1v) is 10.5. The zero-order valence-corrected chi connectivity index (χ0v) is 17.6. The van der Waals surface area contributed by atoms with Crippen LogP contribution in [-0.2, 0) is 9.59 Å². The van der Waals surface area contributed by atoms with E-state index in [0.29, 0.717) is 31.0 Å². The van der Waals surface area contributed by atoms with Crippen molar-refractivity contribution < 1.29 is 9.59 Å². The summed E-state index contributed by atoms with van der Waals surface area (Å²) in [5.74, 6) is -0.0355. The third-order valence-electron chi connectivity index (χ3n) is 5.61. The molecule has 1 unspecified atom stereocenters. The Bertz CT molecular complexity index is 1080. The summed E-state index contributed by atoms with van der Waals surface area (Å²) in [6.07, 6.45) is 1.03. The fraction of sp³-hybridized carbons (Fsp3) is 0.250. The molecule has 1 heterocycles. The summed E-state index contributed by atoms with van der Waals surface area (Å²) in [5, 5.41) is 5.68. The van der Waals surface area contributed by atoms with Crippen molar-refractivity contribution >= 4 is 45.6 Å². The van der Waals surface area contributed by atoms with Crippen LogP contribution < -0.4 is 10.2 Å². The first-order chi connectivity index (χ1) is 14.5. The van der Waals surface area contributed by atoms with Gasteiger partial charge in [-0.05, 0) is 37.1 Å². The van der Waals surface area contributed by atoms with E-state index >= 15 is 0 Å². The fourth-order valence-electron chi connectivity index (χ4n) is 3.96. The summed E-state index contributed by atoms with van der Waals surface area (Å²) in [7, 11) is 1.89. The van der Waals surface area contributed by atoms with Gasteiger partial charge in [-0.2, -0.15) is 0 Å². The lowest BCUT2D eigenvalue weighted by Gasteiger charge is -2.24. The van der Waals surface area contributed by atoms with Crippen molar-refractivity contribution in [3.05, 3.63) is 71.8 Å². The van der Waals surface area contributed by atoms with Crippen LogP contribution in [0.15, 0.2) is 66.7 Å². The van der Waals surface area contributed by atoms with Gasteiger partial charge in [0.05, 0.1) is 16.8 Å². The Morgan fingerprint density at radius 3 is 2.67 bits per heavy atom. The van der Waals surface area contributed by atoms with E-state index in [-0.39, 0.29) is 17.9 Å². The number of halogens is 1. The fourth-order valence-corrected chi connectivity index (χ4v) is 4.20. The van der Waals surface area contributed by atoms with Crippen LogP contribution in [0.4, 0.5) is 11.4 Å². The van der Waals surface area contributed by atoms with Crippen molar-refractivity contribution in [2.45, 2.75) is 18.9 Å². The second kappa shape index (κ2) is 8.86. The van der Waals surface area contributed by atoms with Gasteiger partial charge in [-0.3, -0.25) is 14.5 Å². The number of amides is 2. The molecule has 3 aromatic rings. The van der Waals surface area contributed by atoms with Gasteiger partial charge in [-0.15, -0.1) is 0 Å². The Hall–Kier alpha value is -2.89. The molecular weight excluding hydrogens is 398 g/mol. The van der Waals surface area contributed by atoms with E-state index in [4.69, 9.17) is 11.6 Å². The Kier molecular flexibility index (Phi) is 6.02. The summed E-state index contributed by atoms with van der Waals surface area (Å²) in [5.41, 5.74) is 1.55. The SMILES string of the molecule is CN(CCC(=O)Nc1cccc2ccccc12)C1CCN(c2ccccc2Cl)C1=O. The number of nitrogens with one attached hydrogen (secondary N) is 1. The average Bonchev–Trinajstić information content (AvgIpc) is 3.14. The summed E-state index contributed by atoms with van der Waals surface area (Å²) in [6, 6.07) is 21.0. The molecule has 0 aliphatic carbocycles. The first kappa shape index (κ1) is 20.4. The minimum Gasteiger partial charge on any atom is -0.325 e. The highest BCUT2D eigenvalue weighted by atomic mass is 35.5. The van der Waals surface area contributed by atoms with Crippen molar-refractivity contribution in [3.63, 3.8) is 0 Å². The van der Waals surface area contributed by atoms with Crippen LogP contribution in [0.1, 0.15) is 12.8 Å². The lowest BCUT2D eigenvalue weighted by molar-refractivity contribution is -0.122. The molecule has 154 valence electrons. The van der Waals surface area contributed by atoms with Crippen LogP contribution in [0.3, 0.4) is 0 Å². The van der Waals surface area contributed by atoms with Crippen molar-refractivity contribution in [2.75, 3.05) is 30.4 Å². The van der Waals surface area contributed by atoms with Crippen molar-refractivity contribution in [1.29, 1.82) is 0 Å². The molecule has 1 fully saturated rings. The number of carbonyl (C=O) groups excluding carboxylic acids is 2. The van der Waals surface area contributed by atoms with Gasteiger partial charge in [0.1, 0.15) is 0 Å². The van der Waals surface area contributed by atoms with Gasteiger partial charge in [-0.25, -0.2) is 0 Å². The molecule has 1 aliphatic rings. The van der Waals surface area contributed by atoms with Gasteiger partial charge < -0.3 is 10.2 Å². The van der Waals surface area contributed by atoms with Gasteiger partial charge >= 0.3 is 0 Å². The molecule has 1 N–H and O–H groups in total. The van der Waals surface area contributed by atoms with E-state index in [2.05, 4.69) is 5.32 Å². The van der Waals surface area contributed by atoms with E-state index in [1.165, 1.54) is 0 Å². The number of hydrogen-bond acceptors (Lipinski definition) is 3. The molecule has 0 bridgehead atoms. The van der Waals surface area contributed by atoms with E-state index in [1.54, 1.807) is 11.0 Å². The number of anilines is 2. The minimum atomic E-state index is -0.244. The molecule has 5 nitrogen and oxygen atoms in total. The van der Waals surface area contributed by atoms with Gasteiger partial charge in [0, 0.05) is 30.6 Å². The maximum atomic E-state index is 12.9. The first-order valence-electron chi connectivity index (χ1n) is 10.1. The second-order valence-electron chi connectivity index (χ2n) is 7.55. The number of nitrogens with zero attached hydrogens (tertiary/aromatic N) is 2. The topological polar surface area (TPSA) is 52.7 Å². The molecule has 3 aromatic carbocycles. The smallest absolute Gasteiger partial charge is 0.244 e. The van der Waals surface area contributed by atoms with Gasteiger partial charge in [0.15, 0.2) is 0 Å². The highest BCUT2D eigenvalue weighted by molar-refractivity contribution is 6.34. The Morgan fingerprint density at radius 1 is 1.10 bits per heavy atom.